The fraction of sp³-hybridized carbons (Fsp3) is 0.667. The number of hydrogen-bond donors (Lipinski definition) is 0. The molecule has 1 aliphatic carbocycles. The SMILES string of the molecule is CC(C)N(C(=O)C1CN(C(=O)c2cccs2)C1)C1CCCCC1. The Morgan fingerprint density at radius 3 is 2.48 bits per heavy atom. The van der Waals surface area contributed by atoms with Crippen LogP contribution in [0.2, 0.25) is 0 Å². The molecule has 1 aliphatic heterocycles. The lowest BCUT2D eigenvalue weighted by Crippen LogP contribution is -2.59. The Hall–Kier alpha value is -1.36. The molecule has 2 aliphatic rings. The fourth-order valence-corrected chi connectivity index (χ4v) is 4.47. The quantitative estimate of drug-likeness (QED) is 0.847. The Morgan fingerprint density at radius 2 is 1.91 bits per heavy atom. The highest BCUT2D eigenvalue weighted by Crippen LogP contribution is 2.29. The van der Waals surface area contributed by atoms with Crippen LogP contribution in [-0.4, -0.2) is 46.8 Å². The minimum atomic E-state index is -0.0109. The van der Waals surface area contributed by atoms with E-state index in [1.54, 1.807) is 4.90 Å². The standard InChI is InChI=1S/C18H26N2O2S/c1-13(2)20(15-7-4-3-5-8-15)17(21)14-11-19(12-14)18(22)16-9-6-10-23-16/h6,9-10,13-15H,3-5,7-8,11-12H2,1-2H3. The van der Waals surface area contributed by atoms with E-state index in [-0.39, 0.29) is 23.8 Å². The minimum Gasteiger partial charge on any atom is -0.337 e. The lowest BCUT2D eigenvalue weighted by molar-refractivity contribution is -0.145. The van der Waals surface area contributed by atoms with Gasteiger partial charge in [-0.1, -0.05) is 25.3 Å². The lowest BCUT2D eigenvalue weighted by atomic mass is 9.90. The molecule has 2 amide bonds. The molecule has 3 rings (SSSR count). The maximum absolute atomic E-state index is 12.9. The molecule has 1 saturated carbocycles. The maximum Gasteiger partial charge on any atom is 0.263 e. The zero-order chi connectivity index (χ0) is 16.4. The Labute approximate surface area is 142 Å². The molecule has 0 spiro atoms. The number of carbonyl (C=O) groups is 2. The molecule has 0 radical (unpaired) electrons. The Balaban J connectivity index is 1.58. The molecule has 2 heterocycles. The van der Waals surface area contributed by atoms with Gasteiger partial charge in [0.05, 0.1) is 10.8 Å². The van der Waals surface area contributed by atoms with Gasteiger partial charge in [0, 0.05) is 25.2 Å². The fourth-order valence-electron chi connectivity index (χ4n) is 3.78. The van der Waals surface area contributed by atoms with Gasteiger partial charge in [-0.15, -0.1) is 11.3 Å². The van der Waals surface area contributed by atoms with Gasteiger partial charge in [0.15, 0.2) is 0 Å². The van der Waals surface area contributed by atoms with Crippen LogP contribution < -0.4 is 0 Å². The third-order valence-corrected chi connectivity index (χ3v) is 5.89. The van der Waals surface area contributed by atoms with Crippen molar-refractivity contribution in [2.75, 3.05) is 13.1 Å². The van der Waals surface area contributed by atoms with Crippen LogP contribution >= 0.6 is 11.3 Å². The highest BCUT2D eigenvalue weighted by Gasteiger charge is 2.40. The monoisotopic (exact) mass is 334 g/mol. The Bertz CT molecular complexity index is 543. The smallest absolute Gasteiger partial charge is 0.263 e. The van der Waals surface area contributed by atoms with E-state index in [9.17, 15) is 9.59 Å². The van der Waals surface area contributed by atoms with E-state index in [0.29, 0.717) is 19.1 Å². The van der Waals surface area contributed by atoms with Crippen LogP contribution in [0.4, 0.5) is 0 Å². The number of likely N-dealkylation sites (tertiary alicyclic amines) is 1. The minimum absolute atomic E-state index is 0.0109. The van der Waals surface area contributed by atoms with Crippen molar-refractivity contribution in [2.45, 2.75) is 58.0 Å². The van der Waals surface area contributed by atoms with Crippen LogP contribution in [0.1, 0.15) is 55.6 Å². The second-order valence-electron chi connectivity index (χ2n) is 7.02. The molecule has 0 aromatic carbocycles. The summed E-state index contributed by atoms with van der Waals surface area (Å²) in [6.45, 7) is 5.37. The van der Waals surface area contributed by atoms with E-state index in [1.165, 1.54) is 30.6 Å². The van der Waals surface area contributed by atoms with Crippen LogP contribution in [0.15, 0.2) is 17.5 Å². The molecule has 0 N–H and O–H groups in total. The molecule has 1 saturated heterocycles. The van der Waals surface area contributed by atoms with Gasteiger partial charge in [-0.2, -0.15) is 0 Å². The number of rotatable bonds is 4. The molecule has 0 bridgehead atoms. The molecule has 5 heteroatoms. The molecule has 0 unspecified atom stereocenters. The predicted octanol–water partition coefficient (Wildman–Crippen LogP) is 3.39. The molecular weight excluding hydrogens is 308 g/mol. The first-order valence-electron chi connectivity index (χ1n) is 8.73. The zero-order valence-corrected chi connectivity index (χ0v) is 14.8. The Kier molecular flexibility index (Phi) is 5.05. The van der Waals surface area contributed by atoms with Gasteiger partial charge in [-0.25, -0.2) is 0 Å². The second-order valence-corrected chi connectivity index (χ2v) is 7.96. The first-order valence-corrected chi connectivity index (χ1v) is 9.61. The summed E-state index contributed by atoms with van der Waals surface area (Å²) in [6, 6.07) is 4.39. The van der Waals surface area contributed by atoms with E-state index < -0.39 is 0 Å². The van der Waals surface area contributed by atoms with Gasteiger partial charge in [0.25, 0.3) is 5.91 Å². The highest BCUT2D eigenvalue weighted by molar-refractivity contribution is 7.12. The maximum atomic E-state index is 12.9. The Morgan fingerprint density at radius 1 is 1.22 bits per heavy atom. The van der Waals surface area contributed by atoms with Crippen molar-refractivity contribution in [3.05, 3.63) is 22.4 Å². The molecule has 1 aromatic heterocycles. The van der Waals surface area contributed by atoms with Gasteiger partial charge in [-0.3, -0.25) is 9.59 Å². The van der Waals surface area contributed by atoms with Crippen molar-refractivity contribution in [3.8, 4) is 0 Å². The summed E-state index contributed by atoms with van der Waals surface area (Å²) >= 11 is 1.47. The second kappa shape index (κ2) is 7.04. The van der Waals surface area contributed by atoms with E-state index in [2.05, 4.69) is 18.7 Å². The summed E-state index contributed by atoms with van der Waals surface area (Å²) in [5, 5.41) is 1.92. The van der Waals surface area contributed by atoms with Gasteiger partial charge < -0.3 is 9.80 Å². The van der Waals surface area contributed by atoms with Gasteiger partial charge in [0.1, 0.15) is 0 Å². The number of thiophene rings is 1. The van der Waals surface area contributed by atoms with E-state index >= 15 is 0 Å². The van der Waals surface area contributed by atoms with Crippen molar-refractivity contribution in [3.63, 3.8) is 0 Å². The summed E-state index contributed by atoms with van der Waals surface area (Å²) in [6.07, 6.45) is 6.02. The summed E-state index contributed by atoms with van der Waals surface area (Å²) in [5.74, 6) is 0.309. The van der Waals surface area contributed by atoms with Crippen molar-refractivity contribution >= 4 is 23.2 Å². The van der Waals surface area contributed by atoms with Crippen molar-refractivity contribution in [2.24, 2.45) is 5.92 Å². The number of nitrogens with zero attached hydrogens (tertiary/aromatic N) is 2. The van der Waals surface area contributed by atoms with E-state index in [4.69, 9.17) is 0 Å². The van der Waals surface area contributed by atoms with Crippen LogP contribution in [-0.2, 0) is 4.79 Å². The average molecular weight is 334 g/mol. The van der Waals surface area contributed by atoms with Crippen molar-refractivity contribution < 1.29 is 9.59 Å². The highest BCUT2D eigenvalue weighted by atomic mass is 32.1. The molecule has 4 nitrogen and oxygen atoms in total. The molecule has 0 atom stereocenters. The lowest BCUT2D eigenvalue weighted by Gasteiger charge is -2.44. The number of amides is 2. The number of hydrogen-bond acceptors (Lipinski definition) is 3. The van der Waals surface area contributed by atoms with Crippen LogP contribution in [0.25, 0.3) is 0 Å². The molecule has 2 fully saturated rings. The first kappa shape index (κ1) is 16.5. The van der Waals surface area contributed by atoms with Crippen LogP contribution in [0.5, 0.6) is 0 Å². The summed E-state index contributed by atoms with van der Waals surface area (Å²) in [7, 11) is 0. The normalized spacial score (nSPS) is 19.7. The largest absolute Gasteiger partial charge is 0.337 e. The molecular formula is C18H26N2O2S. The number of carbonyl (C=O) groups excluding carboxylic acids is 2. The molecule has 126 valence electrons. The van der Waals surface area contributed by atoms with Gasteiger partial charge >= 0.3 is 0 Å². The molecule has 1 aromatic rings. The topological polar surface area (TPSA) is 40.6 Å². The van der Waals surface area contributed by atoms with E-state index in [1.807, 2.05) is 17.5 Å². The van der Waals surface area contributed by atoms with Crippen molar-refractivity contribution in [1.29, 1.82) is 0 Å². The third kappa shape index (κ3) is 3.44. The van der Waals surface area contributed by atoms with Crippen molar-refractivity contribution in [1.82, 2.24) is 9.80 Å². The van der Waals surface area contributed by atoms with Gasteiger partial charge in [-0.05, 0) is 38.1 Å². The predicted molar refractivity (Wildman–Crippen MR) is 92.6 cm³/mol. The average Bonchev–Trinajstić information content (AvgIpc) is 3.00. The van der Waals surface area contributed by atoms with E-state index in [0.717, 1.165) is 17.7 Å². The van der Waals surface area contributed by atoms with Crippen LogP contribution in [0, 0.1) is 5.92 Å². The summed E-state index contributed by atoms with van der Waals surface area (Å²) < 4.78 is 0. The first-order chi connectivity index (χ1) is 11.1. The molecule has 23 heavy (non-hydrogen) atoms. The van der Waals surface area contributed by atoms with Gasteiger partial charge in [0.2, 0.25) is 5.91 Å². The third-order valence-electron chi connectivity index (χ3n) is 5.03. The van der Waals surface area contributed by atoms with Crippen LogP contribution in [0.3, 0.4) is 0 Å². The summed E-state index contributed by atoms with van der Waals surface area (Å²) in [4.78, 5) is 29.9. The summed E-state index contributed by atoms with van der Waals surface area (Å²) in [5.41, 5.74) is 0. The zero-order valence-electron chi connectivity index (χ0n) is 14.0.